The van der Waals surface area contributed by atoms with E-state index in [1.165, 1.54) is 21.4 Å². The molecule has 0 fully saturated rings. The Kier molecular flexibility index (Phi) is 72.3. The van der Waals surface area contributed by atoms with Crippen molar-refractivity contribution in [2.45, 2.75) is 0 Å². The third-order valence-corrected chi connectivity index (χ3v) is 0. The van der Waals surface area contributed by atoms with E-state index in [1.807, 2.05) is 0 Å². The minimum absolute atomic E-state index is 0. The van der Waals surface area contributed by atoms with E-state index in [1.54, 1.807) is 0 Å². The summed E-state index contributed by atoms with van der Waals surface area (Å²) >= 11 is 3.98. The van der Waals surface area contributed by atoms with Gasteiger partial charge in [0, 0.05) is 34.7 Å². The van der Waals surface area contributed by atoms with E-state index in [-0.39, 0.29) is 34.7 Å². The van der Waals surface area contributed by atoms with E-state index >= 15 is 0 Å². The van der Waals surface area contributed by atoms with Crippen LogP contribution in [0.15, 0.2) is 0 Å². The van der Waals surface area contributed by atoms with Crippen molar-refractivity contribution in [2.75, 3.05) is 0 Å². The van der Waals surface area contributed by atoms with Gasteiger partial charge in [0.05, 0.1) is 0 Å². The topological polar surface area (TPSA) is 0 Å². The van der Waals surface area contributed by atoms with Crippen LogP contribution in [0, 0.1) is 0 Å². The van der Waals surface area contributed by atoms with Crippen LogP contribution in [0.3, 0.4) is 0 Å². The zero-order chi connectivity index (χ0) is 2.00. The number of rotatable bonds is 0. The summed E-state index contributed by atoms with van der Waals surface area (Å²) in [5.41, 5.74) is 0. The van der Waals surface area contributed by atoms with Crippen molar-refractivity contribution in [2.24, 2.45) is 0 Å². The van der Waals surface area contributed by atoms with Crippen LogP contribution < -0.4 is 0 Å². The summed E-state index contributed by atoms with van der Waals surface area (Å²) in [6.07, 6.45) is 0. The Bertz CT molecular complexity index is 8.00. The van der Waals surface area contributed by atoms with Crippen LogP contribution in [0.2, 0.25) is 0 Å². The van der Waals surface area contributed by atoms with Gasteiger partial charge in [0.1, 0.15) is 0 Å². The van der Waals surface area contributed by atoms with Crippen molar-refractivity contribution < 1.29 is 17.1 Å². The monoisotopic (exact) mass is 332 g/mol. The summed E-state index contributed by atoms with van der Waals surface area (Å²) < 4.78 is 0. The molecule has 0 spiro atoms. The predicted octanol–water partition coefficient (Wildman–Crippen LogP) is -1.14. The second-order valence-electron chi connectivity index (χ2n) is 0. The summed E-state index contributed by atoms with van der Waals surface area (Å²) in [5, 5.41) is 0. The zero-order valence-corrected chi connectivity index (χ0v) is 9.84. The molecular formula is CuGeInSe. The van der Waals surface area contributed by atoms with Gasteiger partial charge in [-0.15, -0.1) is 0 Å². The standard InChI is InChI=1S/Cu.Ge.In.Se. The van der Waals surface area contributed by atoms with Crippen LogP contribution in [-0.2, 0) is 17.1 Å². The fourth-order valence-electron chi connectivity index (χ4n) is 0. The van der Waals surface area contributed by atoms with Crippen LogP contribution in [0.5, 0.6) is 0 Å². The molecule has 0 bridgehead atoms. The van der Waals surface area contributed by atoms with Crippen molar-refractivity contribution in [1.29, 1.82) is 0 Å². The van der Waals surface area contributed by atoms with Crippen molar-refractivity contribution in [3.05, 3.63) is 0 Å². The quantitative estimate of drug-likeness (QED) is 0.493. The van der Waals surface area contributed by atoms with E-state index in [0.29, 0.717) is 0 Å². The molecule has 0 unspecified atom stereocenters. The zero-order valence-electron chi connectivity index (χ0n) is 1.79. The Hall–Kier alpha value is 2.45. The van der Waals surface area contributed by atoms with Crippen molar-refractivity contribution in [1.82, 2.24) is 0 Å². The molecule has 0 atom stereocenters. The van der Waals surface area contributed by atoms with Gasteiger partial charge in [0.15, 0.2) is 0 Å². The van der Waals surface area contributed by atoms with Gasteiger partial charge in [-0.3, -0.25) is 0 Å². The molecule has 6 radical (unpaired) electrons. The molecule has 0 amide bonds. The SMILES string of the molecule is [Cu].[Ge].[Se]=[In]. The van der Waals surface area contributed by atoms with Gasteiger partial charge in [-0.25, -0.2) is 0 Å². The van der Waals surface area contributed by atoms with E-state index in [2.05, 4.69) is 11.8 Å². The molecule has 0 N–H and O–H groups in total. The van der Waals surface area contributed by atoms with E-state index in [9.17, 15) is 0 Å². The maximum absolute atomic E-state index is 2.76. The Balaban J connectivity index is -0.00000000500. The Morgan fingerprint density at radius 1 is 1.25 bits per heavy atom. The van der Waals surface area contributed by atoms with Crippen LogP contribution in [0.1, 0.15) is 0 Å². The average molecular weight is 330 g/mol. The second-order valence-corrected chi connectivity index (χ2v) is 0. The van der Waals surface area contributed by atoms with Gasteiger partial charge in [-0.05, 0) is 0 Å². The molecule has 0 aliphatic heterocycles. The Labute approximate surface area is 66.9 Å². The summed E-state index contributed by atoms with van der Waals surface area (Å²) in [7, 11) is 0. The summed E-state index contributed by atoms with van der Waals surface area (Å²) in [6, 6.07) is 0. The van der Waals surface area contributed by atoms with Crippen LogP contribution >= 0.6 is 0 Å². The first-order chi connectivity index (χ1) is 1.00. The Morgan fingerprint density at radius 3 is 1.25 bits per heavy atom. The maximum atomic E-state index is 2.76. The molecule has 4 heavy (non-hydrogen) atoms. The fourth-order valence-corrected chi connectivity index (χ4v) is 0. The first-order valence-electron chi connectivity index (χ1n) is 0.236. The van der Waals surface area contributed by atoms with Gasteiger partial charge in [-0.2, -0.15) is 0 Å². The molecule has 0 rings (SSSR count). The van der Waals surface area contributed by atoms with Gasteiger partial charge in [-0.1, -0.05) is 0 Å². The second kappa shape index (κ2) is 18.0. The molecule has 0 aliphatic rings. The first-order valence-corrected chi connectivity index (χ1v) is 8.22. The molecule has 0 saturated heterocycles. The van der Waals surface area contributed by atoms with Crippen LogP contribution in [0.25, 0.3) is 0 Å². The molecule has 0 aromatic rings. The van der Waals surface area contributed by atoms with E-state index in [4.69, 9.17) is 0 Å². The van der Waals surface area contributed by atoms with Crippen molar-refractivity contribution in [3.63, 3.8) is 0 Å². The van der Waals surface area contributed by atoms with Gasteiger partial charge in [0.2, 0.25) is 0 Å². The normalized spacial score (nSPS) is 0.750. The molecule has 4 heteroatoms. The fraction of sp³-hybridized carbons (Fsp3) is 0. The minimum atomic E-state index is 0. The van der Waals surface area contributed by atoms with E-state index in [0.717, 1.165) is 0 Å². The molecule has 0 aromatic carbocycles. The summed E-state index contributed by atoms with van der Waals surface area (Å²) in [4.78, 5) is 0. The van der Waals surface area contributed by atoms with Gasteiger partial charge in [0.25, 0.3) is 0 Å². The summed E-state index contributed by atoms with van der Waals surface area (Å²) in [6.45, 7) is 0. The van der Waals surface area contributed by atoms with Crippen molar-refractivity contribution in [3.8, 4) is 0 Å². The predicted molar refractivity (Wildman–Crippen MR) is 17.3 cm³/mol. The molecule has 0 nitrogen and oxygen atoms in total. The van der Waals surface area contributed by atoms with Gasteiger partial charge >= 0.3 is 33.2 Å². The molecule has 0 saturated carbocycles. The molecule has 0 aliphatic carbocycles. The molecule has 0 heterocycles. The first kappa shape index (κ1) is 16.1. The Morgan fingerprint density at radius 2 is 1.25 bits per heavy atom. The third-order valence-electron chi connectivity index (χ3n) is 0. The molecular weight excluding hydrogens is 330 g/mol. The van der Waals surface area contributed by atoms with Crippen molar-refractivity contribution >= 4 is 50.8 Å². The number of hydrogen-bond donors (Lipinski definition) is 0. The molecule has 24 valence electrons. The molecule has 0 aromatic heterocycles. The third kappa shape index (κ3) is 8.82. The average Bonchev–Trinajstić information content (AvgIpc) is 1.00. The van der Waals surface area contributed by atoms with Crippen LogP contribution in [-0.4, -0.2) is 50.8 Å². The van der Waals surface area contributed by atoms with Crippen LogP contribution in [0.4, 0.5) is 0 Å². The number of hydrogen-bond acceptors (Lipinski definition) is 0. The summed E-state index contributed by atoms with van der Waals surface area (Å²) in [5.74, 6) is 0. The van der Waals surface area contributed by atoms with Gasteiger partial charge < -0.3 is 0 Å². The van der Waals surface area contributed by atoms with E-state index < -0.39 is 0 Å².